The number of ether oxygens (including phenoxy) is 1. The highest BCUT2D eigenvalue weighted by molar-refractivity contribution is 6.61. The number of carbonyl (C=O) groups excluding carboxylic acids is 1. The molecule has 5 rings (SSSR count). The number of aliphatic hydroxyl groups is 1. The van der Waals surface area contributed by atoms with Gasteiger partial charge in [-0.3, -0.25) is 4.79 Å². The van der Waals surface area contributed by atoms with Crippen LogP contribution >= 0.6 is 0 Å². The van der Waals surface area contributed by atoms with E-state index in [0.29, 0.717) is 30.7 Å². The van der Waals surface area contributed by atoms with Gasteiger partial charge in [-0.15, -0.1) is 6.58 Å². The Bertz CT molecular complexity index is 1170. The summed E-state index contributed by atoms with van der Waals surface area (Å²) in [7, 11) is -1.08. The van der Waals surface area contributed by atoms with Crippen LogP contribution in [0.25, 0.3) is 0 Å². The van der Waals surface area contributed by atoms with Crippen molar-refractivity contribution < 1.29 is 34.2 Å². The molecular weight excluding hydrogens is 483 g/mol. The summed E-state index contributed by atoms with van der Waals surface area (Å²) in [5.74, 6) is -1.51. The molecule has 1 aromatic rings. The maximum atomic E-state index is 13.7. The van der Waals surface area contributed by atoms with Crippen molar-refractivity contribution in [3.63, 3.8) is 0 Å². The van der Waals surface area contributed by atoms with Crippen molar-refractivity contribution in [2.45, 2.75) is 85.5 Å². The van der Waals surface area contributed by atoms with Crippen LogP contribution in [-0.2, 0) is 20.9 Å². The molecule has 0 aromatic heterocycles. The summed E-state index contributed by atoms with van der Waals surface area (Å²) >= 11 is 0. The standard InChI is InChI=1S/C30H41BO7/c1-7-28(5)14-21(24(27(34)35)38-19-12-16(2)20-15-37-31(36)22(20)13-19)29(6)17(3)8-10-30(18(4)26(28)33)11-9-23(32)25(29)30/h7,12-13,17-18,21,24-26,33,36H,1,8-11,14-15H2,2-6H3,(H,34,35)/t17-,18+,21+,24?,25+,26+,28-,29-,30+/m1/s1. The molecule has 1 heterocycles. The van der Waals surface area contributed by atoms with Gasteiger partial charge < -0.3 is 24.6 Å². The van der Waals surface area contributed by atoms with E-state index >= 15 is 0 Å². The lowest BCUT2D eigenvalue weighted by molar-refractivity contribution is -0.193. The third-order valence-electron chi connectivity index (χ3n) is 11.4. The predicted molar refractivity (Wildman–Crippen MR) is 144 cm³/mol. The van der Waals surface area contributed by atoms with Crippen LogP contribution in [0.15, 0.2) is 24.8 Å². The van der Waals surface area contributed by atoms with E-state index in [-0.39, 0.29) is 29.0 Å². The molecule has 7 nitrogen and oxygen atoms in total. The van der Waals surface area contributed by atoms with E-state index in [1.807, 2.05) is 13.8 Å². The molecule has 0 spiro atoms. The van der Waals surface area contributed by atoms with E-state index in [1.54, 1.807) is 18.2 Å². The Morgan fingerprint density at radius 1 is 1.29 bits per heavy atom. The first kappa shape index (κ1) is 27.4. The first-order valence-electron chi connectivity index (χ1n) is 14.0. The Morgan fingerprint density at radius 3 is 2.66 bits per heavy atom. The summed E-state index contributed by atoms with van der Waals surface area (Å²) in [5.41, 5.74) is 0.536. The monoisotopic (exact) mass is 524 g/mol. The molecule has 3 N–H and O–H groups in total. The van der Waals surface area contributed by atoms with E-state index in [2.05, 4.69) is 27.4 Å². The van der Waals surface area contributed by atoms with Crippen molar-refractivity contribution in [2.24, 2.45) is 39.9 Å². The molecular formula is C30H41BO7. The average Bonchev–Trinajstić information content (AvgIpc) is 3.43. The smallest absolute Gasteiger partial charge is 0.478 e. The lowest BCUT2D eigenvalue weighted by Gasteiger charge is -2.63. The van der Waals surface area contributed by atoms with Gasteiger partial charge in [0.15, 0.2) is 6.10 Å². The third kappa shape index (κ3) is 3.74. The fraction of sp³-hybridized carbons (Fsp3) is 0.667. The van der Waals surface area contributed by atoms with Crippen LogP contribution in [0.3, 0.4) is 0 Å². The van der Waals surface area contributed by atoms with Crippen molar-refractivity contribution in [1.29, 1.82) is 0 Å². The number of rotatable bonds is 5. The van der Waals surface area contributed by atoms with E-state index in [9.17, 15) is 24.8 Å². The second-order valence-corrected chi connectivity index (χ2v) is 13.0. The second kappa shape index (κ2) is 9.21. The normalized spacial score (nSPS) is 41.1. The second-order valence-electron chi connectivity index (χ2n) is 13.0. The number of ketones is 1. The molecule has 8 heteroatoms. The Labute approximate surface area is 225 Å². The van der Waals surface area contributed by atoms with Crippen LogP contribution in [-0.4, -0.2) is 46.3 Å². The Balaban J connectivity index is 1.66. The fourth-order valence-corrected chi connectivity index (χ4v) is 8.92. The Hall–Kier alpha value is -2.16. The molecule has 0 saturated heterocycles. The summed E-state index contributed by atoms with van der Waals surface area (Å²) in [5, 5.41) is 32.7. The third-order valence-corrected chi connectivity index (χ3v) is 11.4. The maximum Gasteiger partial charge on any atom is 0.491 e. The first-order chi connectivity index (χ1) is 17.8. The van der Waals surface area contributed by atoms with E-state index in [0.717, 1.165) is 30.4 Å². The molecule has 0 radical (unpaired) electrons. The highest BCUT2D eigenvalue weighted by atomic mass is 16.5. The number of hydrogen-bond acceptors (Lipinski definition) is 6. The van der Waals surface area contributed by atoms with Gasteiger partial charge in [0.25, 0.3) is 0 Å². The van der Waals surface area contributed by atoms with Crippen LogP contribution in [0.2, 0.25) is 0 Å². The van der Waals surface area contributed by atoms with Gasteiger partial charge in [0, 0.05) is 23.7 Å². The quantitative estimate of drug-likeness (QED) is 0.398. The van der Waals surface area contributed by atoms with Gasteiger partial charge in [0.05, 0.1) is 12.7 Å². The SMILES string of the molecule is C=C[C@]1(C)C[C@@H](C(Oc2cc(C)c3c(c2)B(O)OC3)C(=O)O)[C@@]2(C)[C@H](C)CC[C@]3(CCC(=O)[C@H]32)[C@@H](C)[C@@H]1O. The van der Waals surface area contributed by atoms with Crippen molar-refractivity contribution in [3.05, 3.63) is 35.9 Å². The molecule has 1 unspecified atom stereocenters. The molecule has 38 heavy (non-hydrogen) atoms. The van der Waals surface area contributed by atoms with Crippen LogP contribution < -0.4 is 10.2 Å². The molecule has 4 aliphatic rings. The van der Waals surface area contributed by atoms with Gasteiger partial charge in [0.1, 0.15) is 11.5 Å². The first-order valence-corrected chi connectivity index (χ1v) is 14.0. The summed E-state index contributed by atoms with van der Waals surface area (Å²) in [6.07, 6.45) is 2.96. The Kier molecular flexibility index (Phi) is 6.64. The topological polar surface area (TPSA) is 113 Å². The minimum Gasteiger partial charge on any atom is -0.478 e. The summed E-state index contributed by atoms with van der Waals surface area (Å²) < 4.78 is 11.7. The summed E-state index contributed by atoms with van der Waals surface area (Å²) in [4.78, 5) is 26.7. The molecule has 3 saturated carbocycles. The number of aryl methyl sites for hydroxylation is 1. The minimum atomic E-state index is -1.26. The van der Waals surface area contributed by atoms with Crippen LogP contribution in [0, 0.1) is 46.8 Å². The average molecular weight is 524 g/mol. The minimum absolute atomic E-state index is 0.0895. The van der Waals surface area contributed by atoms with Gasteiger partial charge in [-0.1, -0.05) is 33.8 Å². The van der Waals surface area contributed by atoms with Crippen LogP contribution in [0.5, 0.6) is 5.75 Å². The Morgan fingerprint density at radius 2 is 2.00 bits per heavy atom. The number of Topliss-reactive ketones (excluding diaryl/α,β-unsaturated/α-hetero) is 1. The predicted octanol–water partition coefficient (Wildman–Crippen LogP) is 3.66. The molecule has 9 atom stereocenters. The van der Waals surface area contributed by atoms with Gasteiger partial charge in [-0.2, -0.15) is 0 Å². The van der Waals surface area contributed by atoms with E-state index < -0.39 is 42.0 Å². The fourth-order valence-electron chi connectivity index (χ4n) is 8.92. The van der Waals surface area contributed by atoms with Crippen molar-refractivity contribution in [2.75, 3.05) is 0 Å². The number of hydrogen-bond donors (Lipinski definition) is 3. The lowest BCUT2D eigenvalue weighted by Crippen LogP contribution is -2.63. The van der Waals surface area contributed by atoms with Gasteiger partial charge in [-0.25, -0.2) is 4.79 Å². The highest BCUT2D eigenvalue weighted by Crippen LogP contribution is 2.69. The molecule has 2 bridgehead atoms. The zero-order chi connectivity index (χ0) is 27.8. The molecule has 3 aliphatic carbocycles. The number of aliphatic carboxylic acids is 1. The zero-order valence-corrected chi connectivity index (χ0v) is 23.2. The molecule has 1 aromatic carbocycles. The van der Waals surface area contributed by atoms with Crippen LogP contribution in [0.1, 0.15) is 70.9 Å². The van der Waals surface area contributed by atoms with Crippen LogP contribution in [0.4, 0.5) is 0 Å². The van der Waals surface area contributed by atoms with Gasteiger partial charge >= 0.3 is 13.1 Å². The van der Waals surface area contributed by atoms with Crippen molar-refractivity contribution >= 4 is 24.3 Å². The summed E-state index contributed by atoms with van der Waals surface area (Å²) in [6, 6.07) is 3.46. The van der Waals surface area contributed by atoms with Gasteiger partial charge in [-0.05, 0) is 84.0 Å². The maximum absolute atomic E-state index is 13.7. The molecule has 0 amide bonds. The number of benzene rings is 1. The summed E-state index contributed by atoms with van der Waals surface area (Å²) in [6.45, 7) is 14.5. The number of carbonyl (C=O) groups is 2. The van der Waals surface area contributed by atoms with Gasteiger partial charge in [0.2, 0.25) is 0 Å². The van der Waals surface area contributed by atoms with Crippen molar-refractivity contribution in [1.82, 2.24) is 0 Å². The van der Waals surface area contributed by atoms with Crippen molar-refractivity contribution in [3.8, 4) is 5.75 Å². The largest absolute Gasteiger partial charge is 0.491 e. The highest BCUT2D eigenvalue weighted by Gasteiger charge is 2.68. The molecule has 206 valence electrons. The number of carboxylic acids is 1. The zero-order valence-electron chi connectivity index (χ0n) is 23.2. The number of carboxylic acid groups (broad SMARTS) is 1. The number of fused-ring (bicyclic) bond motifs is 1. The molecule has 1 aliphatic heterocycles. The van der Waals surface area contributed by atoms with E-state index in [1.165, 1.54) is 0 Å². The molecule has 3 fully saturated rings. The van der Waals surface area contributed by atoms with E-state index in [4.69, 9.17) is 9.39 Å². The number of aliphatic hydroxyl groups excluding tert-OH is 1. The lowest BCUT2D eigenvalue weighted by atomic mass is 9.41.